The molecule has 1 aromatic rings. The van der Waals surface area contributed by atoms with E-state index in [1.165, 1.54) is 7.11 Å². The molecular formula is C10H12Cl2N2O2. The Labute approximate surface area is 104 Å². The summed E-state index contributed by atoms with van der Waals surface area (Å²) in [5, 5.41) is 0.659. The van der Waals surface area contributed by atoms with Crippen LogP contribution in [-0.4, -0.2) is 20.1 Å². The number of hydrazine groups is 1. The predicted octanol–water partition coefficient (Wildman–Crippen LogP) is 1.80. The minimum absolute atomic E-state index is 0.156. The van der Waals surface area contributed by atoms with Gasteiger partial charge < -0.3 is 4.74 Å². The number of rotatable bonds is 4. The molecule has 0 atom stereocenters. The fourth-order valence-corrected chi connectivity index (χ4v) is 1.71. The van der Waals surface area contributed by atoms with Crippen LogP contribution in [-0.2, 0) is 11.2 Å². The second kappa shape index (κ2) is 5.94. The zero-order chi connectivity index (χ0) is 12.1. The highest BCUT2D eigenvalue weighted by atomic mass is 35.5. The van der Waals surface area contributed by atoms with Gasteiger partial charge >= 0.3 is 0 Å². The molecule has 2 N–H and O–H groups in total. The van der Waals surface area contributed by atoms with Crippen molar-refractivity contribution >= 4 is 29.1 Å². The zero-order valence-electron chi connectivity index (χ0n) is 8.93. The quantitative estimate of drug-likeness (QED) is 0.814. The molecule has 0 aliphatic rings. The van der Waals surface area contributed by atoms with Crippen molar-refractivity contribution in [1.82, 2.24) is 10.9 Å². The van der Waals surface area contributed by atoms with Crippen LogP contribution in [0.4, 0.5) is 0 Å². The molecule has 1 amide bonds. The molecule has 6 heteroatoms. The van der Waals surface area contributed by atoms with E-state index in [1.807, 2.05) is 0 Å². The highest BCUT2D eigenvalue weighted by Gasteiger charge is 2.12. The largest absolute Gasteiger partial charge is 0.495 e. The third-order valence-corrected chi connectivity index (χ3v) is 2.87. The summed E-state index contributed by atoms with van der Waals surface area (Å²) in [6.07, 6.45) is 0.156. The van der Waals surface area contributed by atoms with E-state index >= 15 is 0 Å². The topological polar surface area (TPSA) is 50.4 Å². The number of benzene rings is 1. The third kappa shape index (κ3) is 3.01. The van der Waals surface area contributed by atoms with Crippen molar-refractivity contribution in [3.63, 3.8) is 0 Å². The molecule has 0 saturated carbocycles. The minimum Gasteiger partial charge on any atom is -0.495 e. The second-order valence-electron chi connectivity index (χ2n) is 3.03. The van der Waals surface area contributed by atoms with Crippen LogP contribution in [0.2, 0.25) is 10.0 Å². The average molecular weight is 263 g/mol. The summed E-state index contributed by atoms with van der Waals surface area (Å²) < 4.78 is 5.00. The summed E-state index contributed by atoms with van der Waals surface area (Å²) in [5.74, 6) is 0.301. The lowest BCUT2D eigenvalue weighted by atomic mass is 10.1. The zero-order valence-corrected chi connectivity index (χ0v) is 10.4. The number of nitrogens with one attached hydrogen (secondary N) is 2. The molecule has 88 valence electrons. The van der Waals surface area contributed by atoms with E-state index in [4.69, 9.17) is 27.9 Å². The normalized spacial score (nSPS) is 10.0. The summed E-state index contributed by atoms with van der Waals surface area (Å²) in [6.45, 7) is 0. The monoisotopic (exact) mass is 262 g/mol. The lowest BCUT2D eigenvalue weighted by molar-refractivity contribution is -0.121. The van der Waals surface area contributed by atoms with Gasteiger partial charge in [0.15, 0.2) is 0 Å². The molecule has 0 fully saturated rings. The van der Waals surface area contributed by atoms with E-state index in [1.54, 1.807) is 19.2 Å². The summed E-state index contributed by atoms with van der Waals surface area (Å²) in [6, 6.07) is 3.39. The van der Waals surface area contributed by atoms with Crippen LogP contribution in [0.3, 0.4) is 0 Å². The van der Waals surface area contributed by atoms with Crippen molar-refractivity contribution in [2.24, 2.45) is 0 Å². The summed E-state index contributed by atoms with van der Waals surface area (Å²) in [4.78, 5) is 11.3. The lowest BCUT2D eigenvalue weighted by Crippen LogP contribution is -2.35. The number of methoxy groups -OCH3 is 1. The maximum Gasteiger partial charge on any atom is 0.238 e. The van der Waals surface area contributed by atoms with Crippen molar-refractivity contribution in [3.05, 3.63) is 27.7 Å². The van der Waals surface area contributed by atoms with Gasteiger partial charge in [0.05, 0.1) is 18.6 Å². The van der Waals surface area contributed by atoms with Crippen molar-refractivity contribution in [2.45, 2.75) is 6.42 Å². The molecule has 0 aliphatic carbocycles. The van der Waals surface area contributed by atoms with Gasteiger partial charge in [-0.3, -0.25) is 10.2 Å². The van der Waals surface area contributed by atoms with E-state index < -0.39 is 0 Å². The molecule has 1 aromatic carbocycles. The Morgan fingerprint density at radius 2 is 2.06 bits per heavy atom. The Morgan fingerprint density at radius 1 is 1.38 bits per heavy atom. The van der Waals surface area contributed by atoms with E-state index in [2.05, 4.69) is 10.9 Å². The first-order valence-electron chi connectivity index (χ1n) is 4.56. The van der Waals surface area contributed by atoms with Gasteiger partial charge in [-0.25, -0.2) is 5.43 Å². The molecular weight excluding hydrogens is 251 g/mol. The van der Waals surface area contributed by atoms with Gasteiger partial charge in [-0.1, -0.05) is 29.3 Å². The third-order valence-electron chi connectivity index (χ3n) is 1.96. The number of hydrogen-bond acceptors (Lipinski definition) is 3. The van der Waals surface area contributed by atoms with Crippen molar-refractivity contribution in [2.75, 3.05) is 14.2 Å². The van der Waals surface area contributed by atoms with Gasteiger partial charge in [-0.05, 0) is 11.6 Å². The highest BCUT2D eigenvalue weighted by molar-refractivity contribution is 6.43. The van der Waals surface area contributed by atoms with Crippen LogP contribution < -0.4 is 15.6 Å². The molecule has 0 heterocycles. The fourth-order valence-electron chi connectivity index (χ4n) is 1.22. The van der Waals surface area contributed by atoms with Gasteiger partial charge in [0.25, 0.3) is 0 Å². The average Bonchev–Trinajstić information content (AvgIpc) is 2.25. The van der Waals surface area contributed by atoms with Gasteiger partial charge in [-0.15, -0.1) is 0 Å². The molecule has 0 saturated heterocycles. The van der Waals surface area contributed by atoms with Gasteiger partial charge in [0, 0.05) is 7.05 Å². The van der Waals surface area contributed by atoms with Crippen molar-refractivity contribution < 1.29 is 9.53 Å². The SMILES string of the molecule is CNNC(=O)Cc1ccc(OC)c(Cl)c1Cl. The van der Waals surface area contributed by atoms with E-state index in [9.17, 15) is 4.79 Å². The molecule has 16 heavy (non-hydrogen) atoms. The summed E-state index contributed by atoms with van der Waals surface area (Å²) in [5.41, 5.74) is 5.64. The molecule has 0 bridgehead atoms. The van der Waals surface area contributed by atoms with Crippen LogP contribution in [0.25, 0.3) is 0 Å². The Kier molecular flexibility index (Phi) is 4.86. The number of hydrogen-bond donors (Lipinski definition) is 2. The Hall–Kier alpha value is -0.970. The summed E-state index contributed by atoms with van der Waals surface area (Å²) >= 11 is 12.0. The number of carbonyl (C=O) groups excluding carboxylic acids is 1. The van der Waals surface area contributed by atoms with Gasteiger partial charge in [-0.2, -0.15) is 0 Å². The molecule has 0 aromatic heterocycles. The van der Waals surface area contributed by atoms with E-state index in [-0.39, 0.29) is 12.3 Å². The van der Waals surface area contributed by atoms with Crippen molar-refractivity contribution in [3.8, 4) is 5.75 Å². The predicted molar refractivity (Wildman–Crippen MR) is 63.9 cm³/mol. The fraction of sp³-hybridized carbons (Fsp3) is 0.300. The molecule has 0 aliphatic heterocycles. The minimum atomic E-state index is -0.189. The van der Waals surface area contributed by atoms with Crippen LogP contribution in [0.1, 0.15) is 5.56 Å². The van der Waals surface area contributed by atoms with Gasteiger partial charge in [0.1, 0.15) is 10.8 Å². The first-order chi connectivity index (χ1) is 7.60. The maximum absolute atomic E-state index is 11.3. The smallest absolute Gasteiger partial charge is 0.238 e. The molecule has 1 rings (SSSR count). The van der Waals surface area contributed by atoms with E-state index in [0.29, 0.717) is 21.4 Å². The first kappa shape index (κ1) is 13.1. The number of halogens is 2. The number of carbonyl (C=O) groups is 1. The van der Waals surface area contributed by atoms with E-state index in [0.717, 1.165) is 0 Å². The molecule has 0 spiro atoms. The second-order valence-corrected chi connectivity index (χ2v) is 3.79. The van der Waals surface area contributed by atoms with Crippen LogP contribution in [0.15, 0.2) is 12.1 Å². The maximum atomic E-state index is 11.3. The van der Waals surface area contributed by atoms with Gasteiger partial charge in [0.2, 0.25) is 5.91 Å². The summed E-state index contributed by atoms with van der Waals surface area (Å²) in [7, 11) is 3.12. The number of ether oxygens (including phenoxy) is 1. The van der Waals surface area contributed by atoms with Crippen LogP contribution in [0.5, 0.6) is 5.75 Å². The number of amides is 1. The molecule has 0 radical (unpaired) electrons. The van der Waals surface area contributed by atoms with Crippen LogP contribution >= 0.6 is 23.2 Å². The standard InChI is InChI=1S/C10H12Cl2N2O2/c1-13-14-8(15)5-6-3-4-7(16-2)10(12)9(6)11/h3-4,13H,5H2,1-2H3,(H,14,15). The highest BCUT2D eigenvalue weighted by Crippen LogP contribution is 2.34. The first-order valence-corrected chi connectivity index (χ1v) is 5.32. The Balaban J connectivity index is 2.90. The van der Waals surface area contributed by atoms with Crippen LogP contribution in [0, 0.1) is 0 Å². The molecule has 4 nitrogen and oxygen atoms in total. The molecule has 0 unspecified atom stereocenters. The Bertz CT molecular complexity index is 397. The lowest BCUT2D eigenvalue weighted by Gasteiger charge is -2.09. The van der Waals surface area contributed by atoms with Crippen molar-refractivity contribution in [1.29, 1.82) is 0 Å². The Morgan fingerprint density at radius 3 is 2.62 bits per heavy atom.